The highest BCUT2D eigenvalue weighted by atomic mass is 35.5. The van der Waals surface area contributed by atoms with Gasteiger partial charge in [0.15, 0.2) is 0 Å². The van der Waals surface area contributed by atoms with E-state index in [0.717, 1.165) is 28.5 Å². The molecule has 0 saturated carbocycles. The van der Waals surface area contributed by atoms with E-state index in [1.807, 2.05) is 24.3 Å². The van der Waals surface area contributed by atoms with Gasteiger partial charge in [-0.25, -0.2) is 0 Å². The van der Waals surface area contributed by atoms with E-state index >= 15 is 0 Å². The molecule has 0 atom stereocenters. The van der Waals surface area contributed by atoms with Crippen LogP contribution in [0.3, 0.4) is 0 Å². The quantitative estimate of drug-likeness (QED) is 0.614. The molecule has 1 heterocycles. The maximum absolute atomic E-state index is 6.31. The van der Waals surface area contributed by atoms with Crippen LogP contribution >= 0.6 is 11.6 Å². The summed E-state index contributed by atoms with van der Waals surface area (Å²) in [5, 5.41) is 3.91. The number of rotatable bonds is 8. The van der Waals surface area contributed by atoms with E-state index in [9.17, 15) is 0 Å². The van der Waals surface area contributed by atoms with Gasteiger partial charge in [-0.2, -0.15) is 0 Å². The van der Waals surface area contributed by atoms with Crippen molar-refractivity contribution in [2.45, 2.75) is 20.4 Å². The number of benzene rings is 1. The molecule has 3 N–H and O–H groups in total. The summed E-state index contributed by atoms with van der Waals surface area (Å²) in [6, 6.07) is 5.74. The van der Waals surface area contributed by atoms with Crippen molar-refractivity contribution in [1.29, 1.82) is 0 Å². The molecule has 1 aliphatic heterocycles. The minimum absolute atomic E-state index is 0.217. The first-order valence-corrected chi connectivity index (χ1v) is 8.36. The van der Waals surface area contributed by atoms with E-state index in [2.05, 4.69) is 30.0 Å². The molecule has 0 spiro atoms. The van der Waals surface area contributed by atoms with Crippen molar-refractivity contribution >= 4 is 11.6 Å². The lowest BCUT2D eigenvalue weighted by Gasteiger charge is -2.31. The molecule has 7 heteroatoms. The van der Waals surface area contributed by atoms with Crippen molar-refractivity contribution in [1.82, 2.24) is 16.2 Å². The zero-order chi connectivity index (χ0) is 18.4. The lowest BCUT2D eigenvalue weighted by molar-refractivity contribution is 0.127. The van der Waals surface area contributed by atoms with Crippen molar-refractivity contribution in [3.8, 4) is 11.5 Å². The first-order valence-electron chi connectivity index (χ1n) is 7.99. The zero-order valence-electron chi connectivity index (χ0n) is 15.3. The number of allylic oxidation sites excluding steroid dienone is 1. The third kappa shape index (κ3) is 4.74. The summed E-state index contributed by atoms with van der Waals surface area (Å²) < 4.78 is 16.0. The molecule has 0 fully saturated rings. The minimum atomic E-state index is -0.217. The fourth-order valence-corrected chi connectivity index (χ4v) is 3.01. The number of hydrogen-bond acceptors (Lipinski definition) is 6. The summed E-state index contributed by atoms with van der Waals surface area (Å²) in [5.41, 5.74) is 7.81. The smallest absolute Gasteiger partial charge is 0.127 e. The molecule has 2 rings (SSSR count). The Hall–Kier alpha value is -2.05. The van der Waals surface area contributed by atoms with Crippen molar-refractivity contribution in [2.24, 2.45) is 5.41 Å². The third-order valence-electron chi connectivity index (χ3n) is 4.03. The van der Waals surface area contributed by atoms with Gasteiger partial charge in [-0.05, 0) is 18.2 Å². The van der Waals surface area contributed by atoms with E-state index in [0.29, 0.717) is 18.3 Å². The fraction of sp³-hybridized carbons (Fsp3) is 0.444. The topological polar surface area (TPSA) is 63.8 Å². The van der Waals surface area contributed by atoms with Crippen molar-refractivity contribution in [2.75, 3.05) is 27.9 Å². The molecule has 1 aromatic rings. The molecule has 25 heavy (non-hydrogen) atoms. The summed E-state index contributed by atoms with van der Waals surface area (Å²) in [4.78, 5) is 0. The highest BCUT2D eigenvalue weighted by Crippen LogP contribution is 2.32. The summed E-state index contributed by atoms with van der Waals surface area (Å²) in [6.07, 6.45) is 1.99. The van der Waals surface area contributed by atoms with Gasteiger partial charge < -0.3 is 19.5 Å². The van der Waals surface area contributed by atoms with E-state index in [-0.39, 0.29) is 5.41 Å². The number of hydrogen-bond donors (Lipinski definition) is 3. The molecular formula is C18H26ClN3O3. The van der Waals surface area contributed by atoms with Crippen LogP contribution in [0, 0.1) is 5.41 Å². The third-order valence-corrected chi connectivity index (χ3v) is 4.33. The van der Waals surface area contributed by atoms with Gasteiger partial charge in [-0.3, -0.25) is 10.9 Å². The van der Waals surface area contributed by atoms with Gasteiger partial charge in [0.25, 0.3) is 0 Å². The van der Waals surface area contributed by atoms with Gasteiger partial charge in [0.1, 0.15) is 22.5 Å². The normalized spacial score (nSPS) is 14.4. The van der Waals surface area contributed by atoms with E-state index in [1.165, 1.54) is 0 Å². The average molecular weight is 368 g/mol. The molecule has 6 nitrogen and oxygen atoms in total. The summed E-state index contributed by atoms with van der Waals surface area (Å²) in [7, 11) is 4.96. The Balaban J connectivity index is 2.13. The van der Waals surface area contributed by atoms with Crippen LogP contribution in [-0.2, 0) is 11.3 Å². The van der Waals surface area contributed by atoms with Crippen LogP contribution in [0.4, 0.5) is 0 Å². The van der Waals surface area contributed by atoms with Crippen molar-refractivity contribution in [3.05, 3.63) is 46.4 Å². The summed E-state index contributed by atoms with van der Waals surface area (Å²) in [5.74, 6) is 2.35. The Morgan fingerprint density at radius 2 is 1.88 bits per heavy atom. The predicted molar refractivity (Wildman–Crippen MR) is 99.3 cm³/mol. The molecule has 0 saturated heterocycles. The monoisotopic (exact) mass is 367 g/mol. The second kappa shape index (κ2) is 8.36. The van der Waals surface area contributed by atoms with Crippen LogP contribution in [0.15, 0.2) is 40.8 Å². The number of hydrazine groups is 1. The number of methoxy groups -OCH3 is 3. The van der Waals surface area contributed by atoms with Gasteiger partial charge >= 0.3 is 0 Å². The van der Waals surface area contributed by atoms with Crippen molar-refractivity contribution in [3.63, 3.8) is 0 Å². The molecule has 0 amide bonds. The van der Waals surface area contributed by atoms with Gasteiger partial charge in [0.05, 0.1) is 20.8 Å². The first-order chi connectivity index (χ1) is 11.9. The van der Waals surface area contributed by atoms with Gasteiger partial charge in [0, 0.05) is 36.3 Å². The number of halogens is 1. The molecule has 0 unspecified atom stereocenters. The molecule has 1 aromatic carbocycles. The van der Waals surface area contributed by atoms with Gasteiger partial charge in [0.2, 0.25) is 0 Å². The Bertz CT molecular complexity index is 672. The van der Waals surface area contributed by atoms with Gasteiger partial charge in [-0.1, -0.05) is 25.4 Å². The van der Waals surface area contributed by atoms with Gasteiger partial charge in [-0.15, -0.1) is 0 Å². The molecule has 0 bridgehead atoms. The van der Waals surface area contributed by atoms with Crippen LogP contribution < -0.4 is 25.6 Å². The maximum Gasteiger partial charge on any atom is 0.127 e. The minimum Gasteiger partial charge on any atom is -0.497 e. The Kier molecular flexibility index (Phi) is 6.45. The second-order valence-electron chi connectivity index (χ2n) is 6.38. The molecule has 138 valence electrons. The standard InChI is InChI=1S/C18H26ClN3O3/c1-18(2,11-23-3)14-9-16(21-22-17(14)19)20-10-12-6-7-13(24-4)8-15(12)25-5/h6-9,20-22H,10-11H2,1-5H3. The second-order valence-corrected chi connectivity index (χ2v) is 6.76. The van der Waals surface area contributed by atoms with E-state index in [4.69, 9.17) is 25.8 Å². The largest absolute Gasteiger partial charge is 0.497 e. The summed E-state index contributed by atoms with van der Waals surface area (Å²) >= 11 is 6.31. The Morgan fingerprint density at radius 3 is 2.52 bits per heavy atom. The van der Waals surface area contributed by atoms with E-state index < -0.39 is 0 Å². The molecule has 0 aliphatic carbocycles. The van der Waals surface area contributed by atoms with Crippen LogP contribution in [0.1, 0.15) is 19.4 Å². The summed E-state index contributed by atoms with van der Waals surface area (Å²) in [6.45, 7) is 5.32. The predicted octanol–water partition coefficient (Wildman–Crippen LogP) is 2.87. The number of nitrogens with one attached hydrogen (secondary N) is 3. The van der Waals surface area contributed by atoms with Crippen LogP contribution in [0.25, 0.3) is 0 Å². The van der Waals surface area contributed by atoms with Crippen LogP contribution in [0.2, 0.25) is 0 Å². The lowest BCUT2D eigenvalue weighted by atomic mass is 9.85. The first kappa shape index (κ1) is 19.3. The maximum atomic E-state index is 6.31. The van der Waals surface area contributed by atoms with Crippen molar-refractivity contribution < 1.29 is 14.2 Å². The molecular weight excluding hydrogens is 342 g/mol. The zero-order valence-corrected chi connectivity index (χ0v) is 16.1. The molecule has 0 aromatic heterocycles. The highest BCUT2D eigenvalue weighted by molar-refractivity contribution is 6.29. The Morgan fingerprint density at radius 1 is 1.12 bits per heavy atom. The lowest BCUT2D eigenvalue weighted by Crippen LogP contribution is -2.40. The Labute approximate surface area is 154 Å². The SMILES string of the molecule is COCC(C)(C)C1=C(Cl)NNC(NCc2ccc(OC)cc2OC)=C1. The van der Waals surface area contributed by atoms with E-state index in [1.54, 1.807) is 21.3 Å². The van der Waals surface area contributed by atoms with Crippen LogP contribution in [0.5, 0.6) is 11.5 Å². The molecule has 1 aliphatic rings. The molecule has 0 radical (unpaired) electrons. The highest BCUT2D eigenvalue weighted by Gasteiger charge is 2.27. The average Bonchev–Trinajstić information content (AvgIpc) is 2.60. The number of ether oxygens (including phenoxy) is 3. The fourth-order valence-electron chi connectivity index (χ4n) is 2.65. The van der Waals surface area contributed by atoms with Crippen LogP contribution in [-0.4, -0.2) is 27.9 Å².